The van der Waals surface area contributed by atoms with Gasteiger partial charge in [0, 0.05) is 33.7 Å². The number of likely N-dealkylation sites (N-methyl/N-ethyl adjacent to an activating group) is 1. The number of nitrogens with zero attached hydrogens (tertiary/aromatic N) is 2. The van der Waals surface area contributed by atoms with Gasteiger partial charge in [-0.25, -0.2) is 9.59 Å². The van der Waals surface area contributed by atoms with Crippen molar-refractivity contribution in [3.63, 3.8) is 0 Å². The van der Waals surface area contributed by atoms with Crippen LogP contribution in [0.25, 0.3) is 0 Å². The number of hydrogen-bond acceptors (Lipinski definition) is 3. The molecule has 9 heteroatoms. The van der Waals surface area contributed by atoms with Gasteiger partial charge in [0.25, 0.3) is 0 Å². The minimum Gasteiger partial charge on any atom is -0.479 e. The molecule has 0 spiro atoms. The van der Waals surface area contributed by atoms with Crippen molar-refractivity contribution in [3.8, 4) is 0 Å². The zero-order chi connectivity index (χ0) is 24.9. The Balaban J connectivity index is 1.48. The number of amides is 2. The fourth-order valence-corrected chi connectivity index (χ4v) is 4.14. The molecule has 0 aromatic heterocycles. The Kier molecular flexibility index (Phi) is 8.19. The molecule has 2 atom stereocenters. The number of methoxy groups -OCH3 is 1. The zero-order valence-electron chi connectivity index (χ0n) is 19.2. The molecule has 2 amide bonds. The van der Waals surface area contributed by atoms with Gasteiger partial charge in [-0.2, -0.15) is 13.2 Å². The summed E-state index contributed by atoms with van der Waals surface area (Å²) >= 11 is 0. The number of carbonyl (C=O) groups excluding carboxylic acids is 1. The molecule has 2 aromatic rings. The smallest absolute Gasteiger partial charge is 0.416 e. The molecule has 0 radical (unpaired) electrons. The summed E-state index contributed by atoms with van der Waals surface area (Å²) in [4.78, 5) is 27.1. The van der Waals surface area contributed by atoms with Crippen molar-refractivity contribution in [2.24, 2.45) is 0 Å². The number of benzene rings is 2. The van der Waals surface area contributed by atoms with Gasteiger partial charge in [-0.1, -0.05) is 36.4 Å². The van der Waals surface area contributed by atoms with Crippen molar-refractivity contribution < 1.29 is 32.6 Å². The van der Waals surface area contributed by atoms with E-state index in [1.165, 1.54) is 19.2 Å². The second-order valence-corrected chi connectivity index (χ2v) is 8.60. The minimum atomic E-state index is -4.38. The number of alkyl halides is 3. The molecule has 6 nitrogen and oxygen atoms in total. The molecule has 3 rings (SSSR count). The summed E-state index contributed by atoms with van der Waals surface area (Å²) in [7, 11) is 3.13. The van der Waals surface area contributed by atoms with Gasteiger partial charge in [0.2, 0.25) is 0 Å². The summed E-state index contributed by atoms with van der Waals surface area (Å²) in [6.45, 7) is 0.807. The van der Waals surface area contributed by atoms with Crippen molar-refractivity contribution in [1.29, 1.82) is 0 Å². The van der Waals surface area contributed by atoms with Gasteiger partial charge in [0.1, 0.15) is 0 Å². The molecule has 1 heterocycles. The average Bonchev–Trinajstić information content (AvgIpc) is 3.06. The highest BCUT2D eigenvalue weighted by molar-refractivity contribution is 5.77. The van der Waals surface area contributed by atoms with Crippen molar-refractivity contribution in [2.75, 3.05) is 20.7 Å². The summed E-state index contributed by atoms with van der Waals surface area (Å²) < 4.78 is 43.2. The number of rotatable bonds is 10. The fourth-order valence-electron chi connectivity index (χ4n) is 4.14. The fraction of sp³-hybridized carbons (Fsp3) is 0.440. The van der Waals surface area contributed by atoms with Gasteiger partial charge in [0.05, 0.1) is 11.6 Å². The van der Waals surface area contributed by atoms with Crippen LogP contribution in [0.15, 0.2) is 48.5 Å². The Morgan fingerprint density at radius 1 is 1.09 bits per heavy atom. The van der Waals surface area contributed by atoms with E-state index in [9.17, 15) is 22.8 Å². The lowest BCUT2D eigenvalue weighted by atomic mass is 10.0. The topological polar surface area (TPSA) is 70.1 Å². The predicted octanol–water partition coefficient (Wildman–Crippen LogP) is 4.61. The molecule has 0 saturated carbocycles. The van der Waals surface area contributed by atoms with Gasteiger partial charge in [-0.05, 0) is 48.1 Å². The number of halogens is 3. The Morgan fingerprint density at radius 3 is 2.24 bits per heavy atom. The van der Waals surface area contributed by atoms with Crippen LogP contribution in [-0.2, 0) is 35.1 Å². The Bertz CT molecular complexity index is 977. The zero-order valence-corrected chi connectivity index (χ0v) is 19.2. The molecule has 0 aliphatic carbocycles. The minimum absolute atomic E-state index is 0.0410. The van der Waals surface area contributed by atoms with Gasteiger partial charge in [0.15, 0.2) is 6.10 Å². The third-order valence-electron chi connectivity index (χ3n) is 6.21. The van der Waals surface area contributed by atoms with Crippen LogP contribution in [0, 0.1) is 0 Å². The number of carbonyl (C=O) groups is 2. The molecular formula is C25H29F3N2O4. The van der Waals surface area contributed by atoms with E-state index in [-0.39, 0.29) is 18.6 Å². The highest BCUT2D eigenvalue weighted by Gasteiger charge is 2.34. The maximum atomic E-state index is 12.7. The molecule has 1 fully saturated rings. The van der Waals surface area contributed by atoms with Crippen LogP contribution in [0.4, 0.5) is 18.0 Å². The van der Waals surface area contributed by atoms with Crippen LogP contribution in [0.5, 0.6) is 0 Å². The first kappa shape index (κ1) is 25.6. The molecule has 2 aromatic carbocycles. The van der Waals surface area contributed by atoms with Crippen LogP contribution in [-0.4, -0.2) is 59.8 Å². The summed E-state index contributed by atoms with van der Waals surface area (Å²) in [5.74, 6) is -0.992. The lowest BCUT2D eigenvalue weighted by Crippen LogP contribution is -2.31. The predicted molar refractivity (Wildman–Crippen MR) is 120 cm³/mol. The van der Waals surface area contributed by atoms with Crippen LogP contribution < -0.4 is 0 Å². The molecule has 1 saturated heterocycles. The number of aryl methyl sites for hydroxylation is 1. The van der Waals surface area contributed by atoms with Crippen molar-refractivity contribution in [1.82, 2.24) is 9.80 Å². The van der Waals surface area contributed by atoms with E-state index >= 15 is 0 Å². The molecular weight excluding hydrogens is 449 g/mol. The summed E-state index contributed by atoms with van der Waals surface area (Å²) in [5.41, 5.74) is 1.97. The third kappa shape index (κ3) is 6.50. The number of carboxylic acid groups (broad SMARTS) is 1. The van der Waals surface area contributed by atoms with Crippen LogP contribution in [0.1, 0.15) is 35.1 Å². The van der Waals surface area contributed by atoms with Crippen molar-refractivity contribution >= 4 is 12.0 Å². The molecule has 0 bridgehead atoms. The average molecular weight is 479 g/mol. The highest BCUT2D eigenvalue weighted by Crippen LogP contribution is 2.29. The number of hydrogen-bond donors (Lipinski definition) is 1. The second kappa shape index (κ2) is 10.9. The highest BCUT2D eigenvalue weighted by atomic mass is 19.4. The summed E-state index contributed by atoms with van der Waals surface area (Å²) in [6.07, 6.45) is -2.45. The number of ether oxygens (including phenoxy) is 1. The molecule has 184 valence electrons. The van der Waals surface area contributed by atoms with Gasteiger partial charge in [-0.15, -0.1) is 0 Å². The first-order valence-electron chi connectivity index (χ1n) is 11.1. The number of carboxylic acids is 1. The van der Waals surface area contributed by atoms with Gasteiger partial charge in [-0.3, -0.25) is 0 Å². The SMILES string of the molecule is CO[C@@H](Cc1ccc(CCC[C@H]2CN(Cc3ccc(C(F)(F)F)cc3)C(=O)N2C)cc1)C(=O)O. The van der Waals surface area contributed by atoms with Crippen LogP contribution in [0.3, 0.4) is 0 Å². The van der Waals surface area contributed by atoms with E-state index in [1.807, 2.05) is 24.3 Å². The van der Waals surface area contributed by atoms with Crippen LogP contribution in [0.2, 0.25) is 0 Å². The molecule has 1 aliphatic rings. The van der Waals surface area contributed by atoms with Crippen molar-refractivity contribution in [2.45, 2.75) is 50.6 Å². The second-order valence-electron chi connectivity index (χ2n) is 8.60. The monoisotopic (exact) mass is 478 g/mol. The Morgan fingerprint density at radius 2 is 1.68 bits per heavy atom. The first-order valence-corrected chi connectivity index (χ1v) is 11.1. The molecule has 34 heavy (non-hydrogen) atoms. The Labute approximate surface area is 196 Å². The maximum Gasteiger partial charge on any atom is 0.416 e. The lowest BCUT2D eigenvalue weighted by Gasteiger charge is -2.17. The number of aliphatic carboxylic acids is 1. The standard InChI is InChI=1S/C25H29F3N2O4/c1-29-21(5-3-4-17-6-8-18(9-7-17)14-22(34-2)23(31)32)16-30(24(29)33)15-19-10-12-20(13-11-19)25(26,27)28/h6-13,21-22H,3-5,14-16H2,1-2H3,(H,31,32)/t21-,22-/m0/s1. The molecule has 1 aliphatic heterocycles. The van der Waals surface area contributed by atoms with E-state index < -0.39 is 23.8 Å². The normalized spacial score (nSPS) is 17.3. The third-order valence-corrected chi connectivity index (χ3v) is 6.21. The molecule has 1 N–H and O–H groups in total. The van der Waals surface area contributed by atoms with E-state index in [4.69, 9.17) is 9.84 Å². The van der Waals surface area contributed by atoms with E-state index in [0.717, 1.165) is 42.5 Å². The first-order chi connectivity index (χ1) is 16.1. The summed E-state index contributed by atoms with van der Waals surface area (Å²) in [6, 6.07) is 12.6. The van der Waals surface area contributed by atoms with Gasteiger partial charge >= 0.3 is 18.2 Å². The largest absolute Gasteiger partial charge is 0.479 e. The van der Waals surface area contributed by atoms with Gasteiger partial charge < -0.3 is 19.6 Å². The quantitative estimate of drug-likeness (QED) is 0.542. The molecule has 0 unspecified atom stereocenters. The maximum absolute atomic E-state index is 12.7. The van der Waals surface area contributed by atoms with Crippen molar-refractivity contribution in [3.05, 3.63) is 70.8 Å². The lowest BCUT2D eigenvalue weighted by molar-refractivity contribution is -0.148. The van der Waals surface area contributed by atoms with E-state index in [1.54, 1.807) is 16.8 Å². The van der Waals surface area contributed by atoms with E-state index in [2.05, 4.69) is 0 Å². The van der Waals surface area contributed by atoms with E-state index in [0.29, 0.717) is 18.5 Å². The Hall–Kier alpha value is -3.07. The summed E-state index contributed by atoms with van der Waals surface area (Å²) in [5, 5.41) is 9.09. The number of urea groups is 1. The van der Waals surface area contributed by atoms with Crippen LogP contribution >= 0.6 is 0 Å².